The molecular weight excluding hydrogens is 306 g/mol. The number of sulfonamides is 1. The van der Waals surface area contributed by atoms with Gasteiger partial charge in [0.1, 0.15) is 11.4 Å². The lowest BCUT2D eigenvalue weighted by Gasteiger charge is -2.32. The number of pyridine rings is 1. The third-order valence-electron chi connectivity index (χ3n) is 3.69. The molecule has 2 N–H and O–H groups in total. The van der Waals surface area contributed by atoms with Crippen molar-refractivity contribution in [1.29, 1.82) is 0 Å². The Hall–Kier alpha value is -1.67. The van der Waals surface area contributed by atoms with Gasteiger partial charge >= 0.3 is 5.97 Å². The largest absolute Gasteiger partial charge is 0.478 e. The Labute approximate surface area is 130 Å². The molecule has 2 rings (SSSR count). The number of anilines is 1. The Morgan fingerprint density at radius 2 is 2.14 bits per heavy atom. The number of carbonyl (C=O) groups is 1. The molecule has 122 valence electrons. The first-order valence-electron chi connectivity index (χ1n) is 7.36. The number of aromatic nitrogens is 1. The first-order valence-corrected chi connectivity index (χ1v) is 8.97. The molecule has 22 heavy (non-hydrogen) atoms. The maximum absolute atomic E-state index is 12.0. The number of nitrogens with one attached hydrogen (secondary N) is 1. The van der Waals surface area contributed by atoms with Gasteiger partial charge in [-0.1, -0.05) is 6.92 Å². The quantitative estimate of drug-likeness (QED) is 0.819. The highest BCUT2D eigenvalue weighted by atomic mass is 32.2. The van der Waals surface area contributed by atoms with Crippen LogP contribution in [0.15, 0.2) is 18.3 Å². The minimum atomic E-state index is -3.16. The van der Waals surface area contributed by atoms with E-state index in [0.717, 1.165) is 0 Å². The van der Waals surface area contributed by atoms with E-state index in [2.05, 4.69) is 10.3 Å². The smallest absolute Gasteiger partial charge is 0.339 e. The number of hydrogen-bond donors (Lipinski definition) is 2. The van der Waals surface area contributed by atoms with Crippen LogP contribution in [0.3, 0.4) is 0 Å². The predicted molar refractivity (Wildman–Crippen MR) is 83.5 cm³/mol. The molecule has 0 spiro atoms. The average molecular weight is 327 g/mol. The molecule has 0 aliphatic carbocycles. The highest BCUT2D eigenvalue weighted by Gasteiger charge is 2.27. The Bertz CT molecular complexity index is 625. The van der Waals surface area contributed by atoms with Gasteiger partial charge in [-0.3, -0.25) is 0 Å². The van der Waals surface area contributed by atoms with Crippen molar-refractivity contribution in [3.63, 3.8) is 0 Å². The fourth-order valence-corrected chi connectivity index (χ4v) is 4.09. The van der Waals surface area contributed by atoms with Crippen molar-refractivity contribution in [2.45, 2.75) is 32.2 Å². The van der Waals surface area contributed by atoms with E-state index in [4.69, 9.17) is 5.11 Å². The second-order valence-corrected chi connectivity index (χ2v) is 7.43. The topological polar surface area (TPSA) is 99.6 Å². The van der Waals surface area contributed by atoms with E-state index in [-0.39, 0.29) is 17.4 Å². The number of piperidine rings is 1. The number of carboxylic acid groups (broad SMARTS) is 1. The number of hydrogen-bond acceptors (Lipinski definition) is 5. The van der Waals surface area contributed by atoms with Crippen LogP contribution in [-0.2, 0) is 10.0 Å². The molecule has 0 atom stereocenters. The minimum Gasteiger partial charge on any atom is -0.478 e. The molecule has 0 aromatic carbocycles. The summed E-state index contributed by atoms with van der Waals surface area (Å²) in [6.07, 6.45) is 3.42. The zero-order valence-electron chi connectivity index (χ0n) is 12.5. The fourth-order valence-electron chi connectivity index (χ4n) is 2.55. The maximum Gasteiger partial charge on any atom is 0.339 e. The molecule has 0 radical (unpaired) electrons. The molecule has 1 aromatic rings. The Morgan fingerprint density at radius 1 is 1.45 bits per heavy atom. The van der Waals surface area contributed by atoms with Gasteiger partial charge in [0.05, 0.1) is 5.75 Å². The average Bonchev–Trinajstić information content (AvgIpc) is 2.48. The van der Waals surface area contributed by atoms with E-state index >= 15 is 0 Å². The number of rotatable bonds is 6. The summed E-state index contributed by atoms with van der Waals surface area (Å²) in [7, 11) is -3.16. The lowest BCUT2D eigenvalue weighted by atomic mass is 10.1. The predicted octanol–water partition coefficient (Wildman–Crippen LogP) is 1.40. The molecule has 7 nitrogen and oxygen atoms in total. The van der Waals surface area contributed by atoms with Crippen LogP contribution in [0.5, 0.6) is 0 Å². The lowest BCUT2D eigenvalue weighted by Crippen LogP contribution is -2.43. The molecule has 0 amide bonds. The van der Waals surface area contributed by atoms with Crippen molar-refractivity contribution in [1.82, 2.24) is 9.29 Å². The minimum absolute atomic E-state index is 0.0288. The van der Waals surface area contributed by atoms with Crippen molar-refractivity contribution >= 4 is 21.8 Å². The normalized spacial score (nSPS) is 17.3. The molecule has 1 fully saturated rings. The third-order valence-corrected chi connectivity index (χ3v) is 5.76. The first kappa shape index (κ1) is 16.7. The van der Waals surface area contributed by atoms with Gasteiger partial charge < -0.3 is 10.4 Å². The number of aromatic carboxylic acids is 1. The van der Waals surface area contributed by atoms with Crippen LogP contribution in [0, 0.1) is 0 Å². The van der Waals surface area contributed by atoms with Crippen LogP contribution in [-0.4, -0.2) is 53.7 Å². The maximum atomic E-state index is 12.0. The van der Waals surface area contributed by atoms with Crippen molar-refractivity contribution in [3.05, 3.63) is 23.9 Å². The van der Waals surface area contributed by atoms with Crippen LogP contribution in [0.2, 0.25) is 0 Å². The SMILES string of the molecule is CCCS(=O)(=O)N1CCC(Nc2ncccc2C(=O)O)CC1. The number of carboxylic acids is 1. The van der Waals surface area contributed by atoms with Gasteiger partial charge in [0, 0.05) is 25.3 Å². The van der Waals surface area contributed by atoms with Gasteiger partial charge in [-0.05, 0) is 31.4 Å². The van der Waals surface area contributed by atoms with Crippen molar-refractivity contribution in [2.75, 3.05) is 24.2 Å². The van der Waals surface area contributed by atoms with Crippen molar-refractivity contribution in [2.24, 2.45) is 0 Å². The van der Waals surface area contributed by atoms with E-state index in [1.165, 1.54) is 16.6 Å². The van der Waals surface area contributed by atoms with Gasteiger partial charge in [-0.2, -0.15) is 0 Å². The fraction of sp³-hybridized carbons (Fsp3) is 0.571. The van der Waals surface area contributed by atoms with Crippen molar-refractivity contribution in [3.8, 4) is 0 Å². The van der Waals surface area contributed by atoms with E-state index in [1.54, 1.807) is 6.07 Å². The Balaban J connectivity index is 1.98. The van der Waals surface area contributed by atoms with Crippen LogP contribution >= 0.6 is 0 Å². The summed E-state index contributed by atoms with van der Waals surface area (Å²) in [5.41, 5.74) is 0.128. The molecular formula is C14H21N3O4S. The molecule has 0 unspecified atom stereocenters. The van der Waals surface area contributed by atoms with Gasteiger partial charge in [0.2, 0.25) is 10.0 Å². The van der Waals surface area contributed by atoms with Crippen molar-refractivity contribution < 1.29 is 18.3 Å². The molecule has 0 bridgehead atoms. The third kappa shape index (κ3) is 3.95. The summed E-state index contributed by atoms with van der Waals surface area (Å²) < 4.78 is 25.5. The second-order valence-electron chi connectivity index (χ2n) is 5.34. The zero-order chi connectivity index (χ0) is 16.2. The molecule has 1 aliphatic rings. The summed E-state index contributed by atoms with van der Waals surface area (Å²) in [6, 6.07) is 3.11. The van der Waals surface area contributed by atoms with Crippen LogP contribution in [0.4, 0.5) is 5.82 Å². The van der Waals surface area contributed by atoms with Gasteiger partial charge in [-0.15, -0.1) is 0 Å². The zero-order valence-corrected chi connectivity index (χ0v) is 13.3. The van der Waals surface area contributed by atoms with Crippen LogP contribution < -0.4 is 5.32 Å². The van der Waals surface area contributed by atoms with Gasteiger partial charge in [0.25, 0.3) is 0 Å². The van der Waals surface area contributed by atoms with E-state index < -0.39 is 16.0 Å². The summed E-state index contributed by atoms with van der Waals surface area (Å²) in [5, 5.41) is 12.3. The van der Waals surface area contributed by atoms with Crippen LogP contribution in [0.25, 0.3) is 0 Å². The molecule has 1 saturated heterocycles. The molecule has 2 heterocycles. The summed E-state index contributed by atoms with van der Waals surface area (Å²) in [4.78, 5) is 15.2. The Morgan fingerprint density at radius 3 is 2.73 bits per heavy atom. The van der Waals surface area contributed by atoms with E-state index in [0.29, 0.717) is 38.2 Å². The van der Waals surface area contributed by atoms with E-state index in [1.807, 2.05) is 6.92 Å². The van der Waals surface area contributed by atoms with Crippen LogP contribution in [0.1, 0.15) is 36.5 Å². The molecule has 0 saturated carbocycles. The molecule has 1 aromatic heterocycles. The van der Waals surface area contributed by atoms with Gasteiger partial charge in [0.15, 0.2) is 0 Å². The summed E-state index contributed by atoms with van der Waals surface area (Å²) in [6.45, 7) is 2.75. The van der Waals surface area contributed by atoms with Gasteiger partial charge in [-0.25, -0.2) is 22.5 Å². The molecule has 1 aliphatic heterocycles. The first-order chi connectivity index (χ1) is 10.4. The number of nitrogens with zero attached hydrogens (tertiary/aromatic N) is 2. The molecule has 8 heteroatoms. The summed E-state index contributed by atoms with van der Waals surface area (Å²) in [5.74, 6) is -0.516. The lowest BCUT2D eigenvalue weighted by molar-refractivity contribution is 0.0697. The van der Waals surface area contributed by atoms with E-state index in [9.17, 15) is 13.2 Å². The highest BCUT2D eigenvalue weighted by Crippen LogP contribution is 2.20. The summed E-state index contributed by atoms with van der Waals surface area (Å²) >= 11 is 0. The second kappa shape index (κ2) is 7.06. The standard InChI is InChI=1S/C14H21N3O4S/c1-2-10-22(20,21)17-8-5-11(6-9-17)16-13-12(14(18)19)4-3-7-15-13/h3-4,7,11H,2,5-6,8-10H2,1H3,(H,15,16)(H,18,19). The Kier molecular flexibility index (Phi) is 5.36. The highest BCUT2D eigenvalue weighted by molar-refractivity contribution is 7.89. The monoisotopic (exact) mass is 327 g/mol.